The molecule has 1 aromatic rings. The van der Waals surface area contributed by atoms with Gasteiger partial charge in [0.2, 0.25) is 20.8 Å². The maximum atomic E-state index is 12.3. The van der Waals surface area contributed by atoms with Crippen molar-refractivity contribution in [1.82, 2.24) is 4.31 Å². The highest BCUT2D eigenvalue weighted by Gasteiger charge is 2.39. The number of nitrogens with zero attached hydrogens (tertiary/aromatic N) is 2. The maximum absolute atomic E-state index is 12.3. The molecule has 1 aliphatic rings. The van der Waals surface area contributed by atoms with Crippen LogP contribution in [0.25, 0.3) is 0 Å². The Labute approximate surface area is 155 Å². The number of rotatable bonds is 6. The third kappa shape index (κ3) is 3.74. The molecule has 0 aromatic heterocycles. The van der Waals surface area contributed by atoms with Gasteiger partial charge in [-0.05, 0) is 19.1 Å². The van der Waals surface area contributed by atoms with E-state index in [-0.39, 0.29) is 12.3 Å². The maximum Gasteiger partial charge on any atom is 0.354 e. The second-order valence-electron chi connectivity index (χ2n) is 5.38. The van der Waals surface area contributed by atoms with Crippen LogP contribution in [-0.2, 0) is 29.6 Å². The molecule has 11 nitrogen and oxygen atoms in total. The molecular formula is C14H17N3O8S2. The largest absolute Gasteiger partial charge is 0.504 e. The highest BCUT2D eigenvalue weighted by atomic mass is 32.2. The minimum absolute atomic E-state index is 0.131. The Hall–Kier alpha value is -2.64. The van der Waals surface area contributed by atoms with Crippen LogP contribution in [-0.4, -0.2) is 63.9 Å². The number of carbonyl (C=O) groups is 1. The lowest BCUT2D eigenvalue weighted by atomic mass is 10.2. The van der Waals surface area contributed by atoms with Crippen LogP contribution in [0.4, 0.5) is 5.69 Å². The van der Waals surface area contributed by atoms with E-state index in [4.69, 9.17) is 0 Å². The summed E-state index contributed by atoms with van der Waals surface area (Å²) in [5.41, 5.74) is -0.906. The lowest BCUT2D eigenvalue weighted by Gasteiger charge is -2.16. The number of sulfonamides is 2. The Morgan fingerprint density at radius 2 is 1.93 bits per heavy atom. The monoisotopic (exact) mass is 419 g/mol. The molecule has 3 N–H and O–H groups in total. The summed E-state index contributed by atoms with van der Waals surface area (Å²) < 4.78 is 57.0. The van der Waals surface area contributed by atoms with Crippen molar-refractivity contribution >= 4 is 37.6 Å². The van der Waals surface area contributed by atoms with Crippen LogP contribution in [0.1, 0.15) is 6.92 Å². The number of ether oxygens (including phenoxy) is 1. The zero-order valence-electron chi connectivity index (χ0n) is 14.5. The molecule has 1 aliphatic heterocycles. The van der Waals surface area contributed by atoms with Crippen molar-refractivity contribution in [2.45, 2.75) is 11.8 Å². The van der Waals surface area contributed by atoms with Gasteiger partial charge < -0.3 is 20.3 Å². The first-order chi connectivity index (χ1) is 12.4. The summed E-state index contributed by atoms with van der Waals surface area (Å²) in [5.74, 6) is -3.03. The zero-order valence-corrected chi connectivity index (χ0v) is 16.1. The van der Waals surface area contributed by atoms with E-state index in [9.17, 15) is 31.8 Å². The number of benzene rings is 1. The molecule has 0 unspecified atom stereocenters. The first-order valence-electron chi connectivity index (χ1n) is 7.40. The molecule has 148 valence electrons. The summed E-state index contributed by atoms with van der Waals surface area (Å²) in [6.45, 7) is 1.32. The third-order valence-corrected chi connectivity index (χ3v) is 6.54. The molecule has 0 fully saturated rings. The molecule has 0 atom stereocenters. The van der Waals surface area contributed by atoms with E-state index in [0.717, 1.165) is 10.4 Å². The number of hydrogen-bond donors (Lipinski definition) is 3. The smallest absolute Gasteiger partial charge is 0.354 e. The number of carbonyl (C=O) groups excluding carboxylic acids is 1. The lowest BCUT2D eigenvalue weighted by molar-refractivity contribution is -0.137. The zero-order chi connectivity index (χ0) is 20.6. The van der Waals surface area contributed by atoms with E-state index in [2.05, 4.69) is 14.5 Å². The summed E-state index contributed by atoms with van der Waals surface area (Å²) in [7, 11) is -6.01. The fourth-order valence-corrected chi connectivity index (χ4v) is 4.19. The first-order valence-corrected chi connectivity index (χ1v) is 10.3. The summed E-state index contributed by atoms with van der Waals surface area (Å²) in [5, 5.41) is 22.5. The minimum atomic E-state index is -4.52. The molecule has 0 aliphatic carbocycles. The van der Waals surface area contributed by atoms with Crippen molar-refractivity contribution in [3.05, 3.63) is 28.8 Å². The van der Waals surface area contributed by atoms with Gasteiger partial charge in [-0.1, -0.05) is 6.07 Å². The molecule has 0 amide bonds. The lowest BCUT2D eigenvalue weighted by Crippen LogP contribution is -2.22. The Bertz CT molecular complexity index is 1060. The van der Waals surface area contributed by atoms with Crippen LogP contribution in [0.15, 0.2) is 38.1 Å². The molecule has 0 saturated heterocycles. The molecule has 2 rings (SSSR count). The van der Waals surface area contributed by atoms with E-state index >= 15 is 0 Å². The molecule has 1 heterocycles. The van der Waals surface area contributed by atoms with E-state index in [1.54, 1.807) is 0 Å². The number of nitrogens with one attached hydrogen (secondary N) is 1. The van der Waals surface area contributed by atoms with Gasteiger partial charge in [-0.25, -0.2) is 17.5 Å². The van der Waals surface area contributed by atoms with Crippen molar-refractivity contribution in [1.29, 1.82) is 0 Å². The number of phenols is 1. The van der Waals surface area contributed by atoms with Crippen LogP contribution in [0, 0.1) is 0 Å². The fraction of sp³-hybridized carbons (Fsp3) is 0.286. The molecule has 27 heavy (non-hydrogen) atoms. The van der Waals surface area contributed by atoms with E-state index < -0.39 is 53.2 Å². The van der Waals surface area contributed by atoms with Crippen molar-refractivity contribution < 1.29 is 36.6 Å². The summed E-state index contributed by atoms with van der Waals surface area (Å²) in [6, 6.07) is 3.63. The van der Waals surface area contributed by atoms with Crippen LogP contribution in [0.5, 0.6) is 5.75 Å². The predicted molar refractivity (Wildman–Crippen MR) is 95.2 cm³/mol. The van der Waals surface area contributed by atoms with Gasteiger partial charge in [0.25, 0.3) is 10.0 Å². The van der Waals surface area contributed by atoms with Crippen molar-refractivity contribution in [2.75, 3.05) is 26.0 Å². The Kier molecular flexibility index (Phi) is 5.49. The highest BCUT2D eigenvalue weighted by molar-refractivity contribution is 7.95. The summed E-state index contributed by atoms with van der Waals surface area (Å²) in [6.07, 6.45) is 0. The molecular weight excluding hydrogens is 402 g/mol. The van der Waals surface area contributed by atoms with Gasteiger partial charge in [0.15, 0.2) is 5.75 Å². The first kappa shape index (κ1) is 20.7. The topological polar surface area (TPSA) is 163 Å². The second kappa shape index (κ2) is 7.17. The average Bonchev–Trinajstić information content (AvgIpc) is 2.77. The number of phenolic OH excluding ortho intramolecular Hbond substituents is 1. The minimum Gasteiger partial charge on any atom is -0.504 e. The Morgan fingerprint density at radius 3 is 2.48 bits per heavy atom. The SMILES string of the molecule is CCOC(=O)C1=C(Nc2cccc(S(=O)(=O)N(C)C)c2O)C(O)=NS1(=O)=O. The quantitative estimate of drug-likeness (QED) is 0.429. The van der Waals surface area contributed by atoms with Crippen molar-refractivity contribution in [3.8, 4) is 5.75 Å². The molecule has 0 radical (unpaired) electrons. The number of aliphatic hydroxyl groups is 1. The Balaban J connectivity index is 2.60. The average molecular weight is 419 g/mol. The molecule has 0 saturated carbocycles. The van der Waals surface area contributed by atoms with Gasteiger partial charge in [-0.15, -0.1) is 4.40 Å². The van der Waals surface area contributed by atoms with Crippen molar-refractivity contribution in [3.63, 3.8) is 0 Å². The van der Waals surface area contributed by atoms with Gasteiger partial charge >= 0.3 is 5.97 Å². The van der Waals surface area contributed by atoms with E-state index in [1.165, 1.54) is 33.2 Å². The molecule has 0 bridgehead atoms. The van der Waals surface area contributed by atoms with Gasteiger partial charge in [0.1, 0.15) is 10.6 Å². The van der Waals surface area contributed by atoms with Crippen LogP contribution < -0.4 is 5.32 Å². The standard InChI is InChI=1S/C14H17N3O8S2/c1-4-25-14(20)12-10(13(19)16-26(12,21)22)15-8-6-5-7-9(11(8)18)27(23,24)17(2)3/h5-7,15,18H,4H2,1-3H3,(H,16,19). The van der Waals surface area contributed by atoms with Crippen LogP contribution in [0.2, 0.25) is 0 Å². The van der Waals surface area contributed by atoms with Crippen LogP contribution in [0.3, 0.4) is 0 Å². The predicted octanol–water partition coefficient (Wildman–Crippen LogP) is 0.129. The number of anilines is 1. The van der Waals surface area contributed by atoms with Gasteiger partial charge in [0, 0.05) is 14.1 Å². The number of aliphatic hydroxyl groups excluding tert-OH is 1. The van der Waals surface area contributed by atoms with Crippen LogP contribution >= 0.6 is 0 Å². The second-order valence-corrected chi connectivity index (χ2v) is 9.04. The van der Waals surface area contributed by atoms with Gasteiger partial charge in [0.05, 0.1) is 12.3 Å². The van der Waals surface area contributed by atoms with Crippen molar-refractivity contribution in [2.24, 2.45) is 4.40 Å². The number of hydrogen-bond acceptors (Lipinski definition) is 8. The molecule has 0 spiro atoms. The molecule has 13 heteroatoms. The summed E-state index contributed by atoms with van der Waals surface area (Å²) >= 11 is 0. The molecule has 1 aromatic carbocycles. The van der Waals surface area contributed by atoms with E-state index in [0.29, 0.717) is 0 Å². The normalized spacial score (nSPS) is 16.4. The fourth-order valence-electron chi connectivity index (χ4n) is 2.12. The van der Waals surface area contributed by atoms with Gasteiger partial charge in [-0.3, -0.25) is 0 Å². The number of esters is 1. The summed E-state index contributed by atoms with van der Waals surface area (Å²) in [4.78, 5) is 10.5. The third-order valence-electron chi connectivity index (χ3n) is 3.39. The number of para-hydroxylation sites is 1. The number of aromatic hydroxyl groups is 1. The van der Waals surface area contributed by atoms with E-state index in [1.807, 2.05) is 0 Å². The Morgan fingerprint density at radius 1 is 1.30 bits per heavy atom. The highest BCUT2D eigenvalue weighted by Crippen LogP contribution is 2.35. The van der Waals surface area contributed by atoms with Gasteiger partial charge in [-0.2, -0.15) is 8.42 Å².